The maximum absolute atomic E-state index is 12.9. The van der Waals surface area contributed by atoms with Crippen molar-refractivity contribution < 1.29 is 24.7 Å². The number of amides is 1. The first-order valence-electron chi connectivity index (χ1n) is 13.8. The number of nitrogens with zero attached hydrogens (tertiary/aromatic N) is 3. The number of benzene rings is 2. The van der Waals surface area contributed by atoms with Crippen molar-refractivity contribution in [1.82, 2.24) is 15.1 Å². The summed E-state index contributed by atoms with van der Waals surface area (Å²) in [5.74, 6) is -0.492. The maximum Gasteiger partial charge on any atom is 0.336 e. The molecule has 10 nitrogen and oxygen atoms in total. The van der Waals surface area contributed by atoms with Gasteiger partial charge in [0.2, 0.25) is 6.41 Å². The summed E-state index contributed by atoms with van der Waals surface area (Å²) in [6.45, 7) is 7.27. The van der Waals surface area contributed by atoms with Crippen LogP contribution in [0.3, 0.4) is 0 Å². The summed E-state index contributed by atoms with van der Waals surface area (Å²) >= 11 is 0. The number of nitro benzene ring substituents is 1. The average molecular weight is 601 g/mol. The van der Waals surface area contributed by atoms with Crippen LogP contribution in [0.1, 0.15) is 62.5 Å². The minimum absolute atomic E-state index is 0. The number of dihydropyridines is 1. The zero-order valence-electron chi connectivity index (χ0n) is 24.4. The quantitative estimate of drug-likeness (QED) is 0.130. The Balaban J connectivity index is 0.00000308. The third kappa shape index (κ3) is 7.96. The molecule has 3 N–H and O–H groups in total. The number of hydrogen-bond donors (Lipinski definition) is 1. The van der Waals surface area contributed by atoms with E-state index >= 15 is 0 Å². The molecule has 0 spiro atoms. The SMILES string of the molecule is COC(=O)C1=C(C)NC(C)=C(N(C=O)CCCCN2CCC(c3ccccc3)CC2)C1c1ccc([N+](=O)[O-])cc1.Cl.O. The molecule has 1 atom stereocenters. The van der Waals surface area contributed by atoms with Crippen LogP contribution in [0, 0.1) is 10.1 Å². The second-order valence-corrected chi connectivity index (χ2v) is 10.5. The Hall–Kier alpha value is -3.73. The van der Waals surface area contributed by atoms with Crippen molar-refractivity contribution in [1.29, 1.82) is 0 Å². The number of nitro groups is 1. The molecule has 2 aromatic rings. The van der Waals surface area contributed by atoms with Gasteiger partial charge in [-0.2, -0.15) is 0 Å². The summed E-state index contributed by atoms with van der Waals surface area (Å²) in [6, 6.07) is 16.8. The number of piperidine rings is 1. The molecule has 1 fully saturated rings. The minimum atomic E-state index is -0.600. The lowest BCUT2D eigenvalue weighted by Gasteiger charge is -2.36. The molecule has 0 radical (unpaired) electrons. The van der Waals surface area contributed by atoms with Crippen LogP contribution in [0.2, 0.25) is 0 Å². The van der Waals surface area contributed by atoms with E-state index < -0.39 is 16.8 Å². The van der Waals surface area contributed by atoms with Crippen LogP contribution in [0.15, 0.2) is 77.3 Å². The summed E-state index contributed by atoms with van der Waals surface area (Å²) in [6.07, 6.45) is 4.86. The van der Waals surface area contributed by atoms with E-state index in [1.165, 1.54) is 24.8 Å². The predicted molar refractivity (Wildman–Crippen MR) is 164 cm³/mol. The van der Waals surface area contributed by atoms with Crippen LogP contribution in [0.5, 0.6) is 0 Å². The standard InChI is InChI=1S/C31H38N4O5.ClH.H2O/c1-22-28(31(37)40-3)29(26-11-13-27(14-12-26)35(38)39)30(23(2)32-22)34(21-36)18-8-7-17-33-19-15-25(16-20-33)24-9-5-4-6-10-24;;/h4-6,9-14,21,25,29,32H,7-8,15-20H2,1-3H3;1H;1H2. The largest absolute Gasteiger partial charge is 0.466 e. The lowest BCUT2D eigenvalue weighted by atomic mass is 9.83. The molecule has 0 bridgehead atoms. The fourth-order valence-corrected chi connectivity index (χ4v) is 5.92. The maximum atomic E-state index is 12.9. The van der Waals surface area contributed by atoms with Crippen LogP contribution >= 0.6 is 12.4 Å². The summed E-state index contributed by atoms with van der Waals surface area (Å²) in [7, 11) is 1.32. The second-order valence-electron chi connectivity index (χ2n) is 10.5. The number of hydrogen-bond acceptors (Lipinski definition) is 7. The van der Waals surface area contributed by atoms with Crippen LogP contribution in [-0.4, -0.2) is 65.9 Å². The molecule has 0 aliphatic carbocycles. The number of non-ortho nitro benzene ring substituents is 1. The highest BCUT2D eigenvalue weighted by atomic mass is 35.5. The number of carbonyl (C=O) groups excluding carboxylic acids is 2. The number of halogens is 1. The number of rotatable bonds is 11. The normalized spacial score (nSPS) is 17.5. The van der Waals surface area contributed by atoms with Gasteiger partial charge in [-0.15, -0.1) is 12.4 Å². The monoisotopic (exact) mass is 600 g/mol. The molecule has 1 amide bonds. The molecule has 2 aliphatic rings. The van der Waals surface area contributed by atoms with Gasteiger partial charge in [0.1, 0.15) is 0 Å². The molecule has 2 aliphatic heterocycles. The number of esters is 1. The van der Waals surface area contributed by atoms with Gasteiger partial charge in [0.25, 0.3) is 5.69 Å². The van der Waals surface area contributed by atoms with E-state index in [1.807, 2.05) is 6.92 Å². The number of carbonyl (C=O) groups is 2. The van der Waals surface area contributed by atoms with E-state index in [0.29, 0.717) is 35.0 Å². The zero-order valence-corrected chi connectivity index (χ0v) is 25.2. The number of ether oxygens (including phenoxy) is 1. The van der Waals surface area contributed by atoms with E-state index in [4.69, 9.17) is 4.74 Å². The molecule has 4 rings (SSSR count). The van der Waals surface area contributed by atoms with Gasteiger partial charge in [0.15, 0.2) is 0 Å². The Morgan fingerprint density at radius 3 is 2.26 bits per heavy atom. The van der Waals surface area contributed by atoms with E-state index in [-0.39, 0.29) is 23.6 Å². The molecule has 42 heavy (non-hydrogen) atoms. The lowest BCUT2D eigenvalue weighted by molar-refractivity contribution is -0.384. The third-order valence-corrected chi connectivity index (χ3v) is 7.99. The van der Waals surface area contributed by atoms with Crippen molar-refractivity contribution >= 4 is 30.5 Å². The number of nitrogens with one attached hydrogen (secondary N) is 1. The Bertz CT molecular complexity index is 1270. The molecule has 11 heteroatoms. The fourth-order valence-electron chi connectivity index (χ4n) is 5.92. The first-order valence-corrected chi connectivity index (χ1v) is 13.8. The second kappa shape index (κ2) is 16.1. The third-order valence-electron chi connectivity index (χ3n) is 7.99. The van der Waals surface area contributed by atoms with Crippen molar-refractivity contribution in [3.63, 3.8) is 0 Å². The molecular formula is C31H41ClN4O6. The van der Waals surface area contributed by atoms with E-state index in [9.17, 15) is 19.7 Å². The molecule has 2 heterocycles. The molecule has 1 saturated heterocycles. The van der Waals surface area contributed by atoms with E-state index in [1.54, 1.807) is 24.0 Å². The minimum Gasteiger partial charge on any atom is -0.466 e. The highest BCUT2D eigenvalue weighted by molar-refractivity contribution is 5.92. The van der Waals surface area contributed by atoms with Crippen molar-refractivity contribution in [3.8, 4) is 0 Å². The van der Waals surface area contributed by atoms with Crippen molar-refractivity contribution in [2.24, 2.45) is 0 Å². The summed E-state index contributed by atoms with van der Waals surface area (Å²) in [5, 5.41) is 14.5. The smallest absolute Gasteiger partial charge is 0.336 e. The van der Waals surface area contributed by atoms with Gasteiger partial charge in [0.05, 0.1) is 29.2 Å². The topological polar surface area (TPSA) is 137 Å². The van der Waals surface area contributed by atoms with Gasteiger partial charge >= 0.3 is 5.97 Å². The summed E-state index contributed by atoms with van der Waals surface area (Å²) in [4.78, 5) is 40.2. The van der Waals surface area contributed by atoms with Crippen molar-refractivity contribution in [3.05, 3.63) is 98.5 Å². The molecule has 1 unspecified atom stereocenters. The Labute approximate surface area is 253 Å². The average Bonchev–Trinajstić information content (AvgIpc) is 2.98. The number of unbranched alkanes of at least 4 members (excludes halogenated alkanes) is 1. The zero-order chi connectivity index (χ0) is 28.6. The number of allylic oxidation sites excluding steroid dienone is 3. The van der Waals surface area contributed by atoms with Crippen molar-refractivity contribution in [2.45, 2.75) is 51.4 Å². The van der Waals surface area contributed by atoms with Gasteiger partial charge < -0.3 is 25.3 Å². The lowest BCUT2D eigenvalue weighted by Crippen LogP contribution is -2.37. The Morgan fingerprint density at radius 1 is 1.05 bits per heavy atom. The molecule has 0 saturated carbocycles. The Morgan fingerprint density at radius 2 is 1.69 bits per heavy atom. The fraction of sp³-hybridized carbons (Fsp3) is 0.419. The van der Waals surface area contributed by atoms with Gasteiger partial charge in [0, 0.05) is 30.1 Å². The summed E-state index contributed by atoms with van der Waals surface area (Å²) < 4.78 is 5.09. The van der Waals surface area contributed by atoms with E-state index in [0.717, 1.165) is 57.4 Å². The highest BCUT2D eigenvalue weighted by Gasteiger charge is 2.36. The Kier molecular flexibility index (Phi) is 13.2. The van der Waals surface area contributed by atoms with Gasteiger partial charge in [-0.25, -0.2) is 4.79 Å². The molecular weight excluding hydrogens is 560 g/mol. The van der Waals surface area contributed by atoms with E-state index in [2.05, 4.69) is 40.5 Å². The molecule has 0 aromatic heterocycles. The number of likely N-dealkylation sites (tertiary alicyclic amines) is 1. The van der Waals surface area contributed by atoms with Crippen molar-refractivity contribution in [2.75, 3.05) is 33.3 Å². The first kappa shape index (κ1) is 34.5. The van der Waals surface area contributed by atoms with Crippen LogP contribution in [-0.2, 0) is 14.3 Å². The van der Waals surface area contributed by atoms with Crippen LogP contribution < -0.4 is 5.32 Å². The van der Waals surface area contributed by atoms with Gasteiger partial charge in [-0.3, -0.25) is 14.9 Å². The molecule has 228 valence electrons. The van der Waals surface area contributed by atoms with Crippen LogP contribution in [0.25, 0.3) is 0 Å². The molecule has 2 aromatic carbocycles. The van der Waals surface area contributed by atoms with Gasteiger partial charge in [-0.1, -0.05) is 42.5 Å². The predicted octanol–water partition coefficient (Wildman–Crippen LogP) is 4.68. The van der Waals surface area contributed by atoms with Gasteiger partial charge in [-0.05, 0) is 76.2 Å². The number of methoxy groups -OCH3 is 1. The summed E-state index contributed by atoms with van der Waals surface area (Å²) in [5.41, 5.74) is 4.47. The van der Waals surface area contributed by atoms with Crippen LogP contribution in [0.4, 0.5) is 5.69 Å². The first-order chi connectivity index (χ1) is 19.3. The highest BCUT2D eigenvalue weighted by Crippen LogP contribution is 2.40.